The van der Waals surface area contributed by atoms with E-state index in [1.165, 1.54) is 12.1 Å². The van der Waals surface area contributed by atoms with E-state index >= 15 is 0 Å². The smallest absolute Gasteiger partial charge is 0.294 e. The van der Waals surface area contributed by atoms with Crippen molar-refractivity contribution in [3.8, 4) is 5.75 Å². The molecule has 0 aromatic heterocycles. The lowest BCUT2D eigenvalue weighted by atomic mass is 10.0. The summed E-state index contributed by atoms with van der Waals surface area (Å²) in [4.78, 5) is -0.189. The van der Waals surface area contributed by atoms with Crippen LogP contribution in [0.1, 0.15) is 13.3 Å². The van der Waals surface area contributed by atoms with E-state index in [1.54, 1.807) is 6.07 Å². The number of fused-ring (bicyclic) bond motifs is 2. The molecule has 1 atom stereocenters. The lowest BCUT2D eigenvalue weighted by Crippen LogP contribution is -2.16. The molecule has 0 heterocycles. The van der Waals surface area contributed by atoms with Crippen LogP contribution in [0.2, 0.25) is 0 Å². The van der Waals surface area contributed by atoms with Crippen LogP contribution in [0.25, 0.3) is 21.5 Å². The van der Waals surface area contributed by atoms with E-state index in [-0.39, 0.29) is 11.5 Å². The molecular formula is C18H18O5S. The second kappa shape index (κ2) is 6.39. The maximum atomic E-state index is 11.4. The maximum absolute atomic E-state index is 11.4. The predicted molar refractivity (Wildman–Crippen MR) is 93.1 cm³/mol. The van der Waals surface area contributed by atoms with Gasteiger partial charge in [0.25, 0.3) is 10.1 Å². The number of aliphatic hydroxyl groups is 1. The van der Waals surface area contributed by atoms with Gasteiger partial charge in [0, 0.05) is 10.8 Å². The summed E-state index contributed by atoms with van der Waals surface area (Å²) in [6, 6.07) is 13.9. The Morgan fingerprint density at radius 1 is 1.04 bits per heavy atom. The Labute approximate surface area is 140 Å². The van der Waals surface area contributed by atoms with E-state index in [1.807, 2.05) is 37.3 Å². The van der Waals surface area contributed by atoms with Gasteiger partial charge in [-0.15, -0.1) is 0 Å². The van der Waals surface area contributed by atoms with Gasteiger partial charge in [0.1, 0.15) is 12.4 Å². The number of hydrogen-bond donors (Lipinski definition) is 2. The number of hydrogen-bond acceptors (Lipinski definition) is 4. The van der Waals surface area contributed by atoms with Gasteiger partial charge in [-0.2, -0.15) is 8.42 Å². The minimum atomic E-state index is -4.31. The third-order valence-corrected chi connectivity index (χ3v) is 4.82. The summed E-state index contributed by atoms with van der Waals surface area (Å²) in [5.74, 6) is 0.501. The molecule has 0 aliphatic carbocycles. The lowest BCUT2D eigenvalue weighted by Gasteiger charge is -2.15. The zero-order chi connectivity index (χ0) is 17.3. The summed E-state index contributed by atoms with van der Waals surface area (Å²) in [7, 11) is -4.31. The van der Waals surface area contributed by atoms with Crippen molar-refractivity contribution in [2.45, 2.75) is 24.3 Å². The van der Waals surface area contributed by atoms with Gasteiger partial charge in [-0.05, 0) is 35.4 Å². The largest absolute Gasteiger partial charge is 0.490 e. The maximum Gasteiger partial charge on any atom is 0.294 e. The molecule has 3 rings (SSSR count). The third-order valence-electron chi connectivity index (χ3n) is 3.97. The summed E-state index contributed by atoms with van der Waals surface area (Å²) in [6.07, 6.45) is -0.0531. The Hall–Kier alpha value is -2.15. The topological polar surface area (TPSA) is 83.8 Å². The van der Waals surface area contributed by atoms with E-state index in [0.29, 0.717) is 17.6 Å². The molecule has 0 radical (unpaired) electrons. The second-order valence-electron chi connectivity index (χ2n) is 5.66. The molecule has 0 spiro atoms. The van der Waals surface area contributed by atoms with Crippen LogP contribution in [-0.4, -0.2) is 30.8 Å². The summed E-state index contributed by atoms with van der Waals surface area (Å²) >= 11 is 0. The number of ether oxygens (including phenoxy) is 1. The van der Waals surface area contributed by atoms with Crippen molar-refractivity contribution < 1.29 is 22.8 Å². The van der Waals surface area contributed by atoms with Gasteiger partial charge < -0.3 is 9.84 Å². The summed E-state index contributed by atoms with van der Waals surface area (Å²) < 4.78 is 38.0. The fourth-order valence-electron chi connectivity index (χ4n) is 2.61. The minimum Gasteiger partial charge on any atom is -0.490 e. The van der Waals surface area contributed by atoms with Crippen molar-refractivity contribution in [2.75, 3.05) is 6.61 Å². The normalized spacial score (nSPS) is 13.3. The molecule has 24 heavy (non-hydrogen) atoms. The highest BCUT2D eigenvalue weighted by molar-refractivity contribution is 7.85. The fraction of sp³-hybridized carbons (Fsp3) is 0.222. The Morgan fingerprint density at radius 3 is 2.46 bits per heavy atom. The summed E-state index contributed by atoms with van der Waals surface area (Å²) in [5, 5.41) is 12.9. The van der Waals surface area contributed by atoms with E-state index in [0.717, 1.165) is 16.2 Å². The SMILES string of the molecule is CCC(O)COc1c2ccccc2cc2ccc(S(=O)(=O)O)cc12. The molecule has 0 aliphatic heterocycles. The molecule has 2 N–H and O–H groups in total. The van der Waals surface area contributed by atoms with Crippen LogP contribution in [-0.2, 0) is 10.1 Å². The molecule has 3 aromatic carbocycles. The molecule has 0 saturated carbocycles. The van der Waals surface area contributed by atoms with Crippen molar-refractivity contribution in [1.82, 2.24) is 0 Å². The molecule has 126 valence electrons. The molecule has 5 nitrogen and oxygen atoms in total. The Kier molecular flexibility index (Phi) is 4.45. The Morgan fingerprint density at radius 2 is 1.75 bits per heavy atom. The first-order valence-corrected chi connectivity index (χ1v) is 9.08. The summed E-state index contributed by atoms with van der Waals surface area (Å²) in [5.41, 5.74) is 0. The first-order valence-electron chi connectivity index (χ1n) is 7.64. The van der Waals surface area contributed by atoms with E-state index in [4.69, 9.17) is 4.74 Å². The van der Waals surface area contributed by atoms with Crippen LogP contribution < -0.4 is 4.74 Å². The van der Waals surface area contributed by atoms with Gasteiger partial charge in [-0.25, -0.2) is 0 Å². The number of aliphatic hydroxyl groups excluding tert-OH is 1. The van der Waals surface area contributed by atoms with Crippen molar-refractivity contribution in [1.29, 1.82) is 0 Å². The highest BCUT2D eigenvalue weighted by Gasteiger charge is 2.15. The zero-order valence-corrected chi connectivity index (χ0v) is 14.0. The fourth-order valence-corrected chi connectivity index (χ4v) is 3.12. The zero-order valence-electron chi connectivity index (χ0n) is 13.1. The standard InChI is InChI=1S/C18H18O5S/c1-2-14(19)11-23-18-16-6-4-3-5-12(16)9-13-7-8-15(10-17(13)18)24(20,21)22/h3-10,14,19H,2,11H2,1H3,(H,20,21,22). The first-order chi connectivity index (χ1) is 11.4. The minimum absolute atomic E-state index is 0.107. The molecule has 0 bridgehead atoms. The third kappa shape index (κ3) is 3.21. The van der Waals surface area contributed by atoms with Gasteiger partial charge in [0.2, 0.25) is 0 Å². The van der Waals surface area contributed by atoms with Crippen LogP contribution in [0, 0.1) is 0 Å². The molecule has 6 heteroatoms. The van der Waals surface area contributed by atoms with E-state index in [9.17, 15) is 18.1 Å². The predicted octanol–water partition coefficient (Wildman–Crippen LogP) is 3.39. The second-order valence-corrected chi connectivity index (χ2v) is 7.08. The average Bonchev–Trinajstić information content (AvgIpc) is 2.57. The quantitative estimate of drug-likeness (QED) is 0.546. The average molecular weight is 346 g/mol. The molecule has 0 fully saturated rings. The van der Waals surface area contributed by atoms with Crippen LogP contribution in [0.5, 0.6) is 5.75 Å². The molecule has 0 aliphatic rings. The van der Waals surface area contributed by atoms with E-state index < -0.39 is 16.2 Å². The van der Waals surface area contributed by atoms with Gasteiger partial charge in [0.05, 0.1) is 11.0 Å². The first kappa shape index (κ1) is 16.7. The van der Waals surface area contributed by atoms with Crippen molar-refractivity contribution in [3.05, 3.63) is 48.5 Å². The molecule has 3 aromatic rings. The Bertz CT molecular complexity index is 995. The van der Waals surface area contributed by atoms with Crippen molar-refractivity contribution >= 4 is 31.7 Å². The molecule has 0 amide bonds. The van der Waals surface area contributed by atoms with Crippen LogP contribution in [0.3, 0.4) is 0 Å². The molecule has 1 unspecified atom stereocenters. The highest BCUT2D eigenvalue weighted by Crippen LogP contribution is 2.36. The van der Waals surface area contributed by atoms with Crippen molar-refractivity contribution in [2.24, 2.45) is 0 Å². The highest BCUT2D eigenvalue weighted by atomic mass is 32.2. The Balaban J connectivity index is 2.26. The van der Waals surface area contributed by atoms with Gasteiger partial charge >= 0.3 is 0 Å². The van der Waals surface area contributed by atoms with Crippen molar-refractivity contribution in [3.63, 3.8) is 0 Å². The summed E-state index contributed by atoms with van der Waals surface area (Å²) in [6.45, 7) is 1.96. The van der Waals surface area contributed by atoms with Gasteiger partial charge in [0.15, 0.2) is 0 Å². The molecule has 0 saturated heterocycles. The van der Waals surface area contributed by atoms with Crippen LogP contribution >= 0.6 is 0 Å². The van der Waals surface area contributed by atoms with E-state index in [2.05, 4.69) is 0 Å². The molecular weight excluding hydrogens is 328 g/mol. The van der Waals surface area contributed by atoms with Gasteiger partial charge in [-0.1, -0.05) is 37.3 Å². The monoisotopic (exact) mass is 346 g/mol. The van der Waals surface area contributed by atoms with Gasteiger partial charge in [-0.3, -0.25) is 4.55 Å². The van der Waals surface area contributed by atoms with Crippen LogP contribution in [0.15, 0.2) is 53.4 Å². The number of rotatable bonds is 5. The van der Waals surface area contributed by atoms with Crippen LogP contribution in [0.4, 0.5) is 0 Å². The number of benzene rings is 3. The lowest BCUT2D eigenvalue weighted by molar-refractivity contribution is 0.106.